The van der Waals surface area contributed by atoms with Crippen molar-refractivity contribution in [3.8, 4) is 0 Å². The lowest BCUT2D eigenvalue weighted by molar-refractivity contribution is 0.439. The van der Waals surface area contributed by atoms with Gasteiger partial charge in [0.05, 0.1) is 13.0 Å². The van der Waals surface area contributed by atoms with Crippen LogP contribution in [0.1, 0.15) is 22.9 Å². The standard InChI is InChI=1S/C18H18FN3O/c19-16-8-6-14(7-9-16)10-11-20-13-18-22-21-17(23-18)12-15-4-2-1-3-5-15/h1-9,20H,10-13H2. The summed E-state index contributed by atoms with van der Waals surface area (Å²) in [5.41, 5.74) is 2.24. The van der Waals surface area contributed by atoms with Crippen LogP contribution in [-0.2, 0) is 19.4 Å². The normalized spacial score (nSPS) is 10.8. The zero-order chi connectivity index (χ0) is 15.9. The highest BCUT2D eigenvalue weighted by Crippen LogP contribution is 2.08. The summed E-state index contributed by atoms with van der Waals surface area (Å²) in [6.07, 6.45) is 1.47. The van der Waals surface area contributed by atoms with E-state index in [0.717, 1.165) is 24.1 Å². The average molecular weight is 311 g/mol. The van der Waals surface area contributed by atoms with Crippen molar-refractivity contribution in [3.63, 3.8) is 0 Å². The third kappa shape index (κ3) is 4.72. The summed E-state index contributed by atoms with van der Waals surface area (Å²) in [5.74, 6) is 0.986. The predicted molar refractivity (Wildman–Crippen MR) is 85.4 cm³/mol. The molecule has 0 unspecified atom stereocenters. The van der Waals surface area contributed by atoms with Crippen LogP contribution in [0.15, 0.2) is 59.0 Å². The first-order valence-electron chi connectivity index (χ1n) is 7.60. The molecule has 0 atom stereocenters. The molecule has 118 valence electrons. The third-order valence-corrected chi connectivity index (χ3v) is 3.49. The van der Waals surface area contributed by atoms with Crippen molar-refractivity contribution in [2.45, 2.75) is 19.4 Å². The molecule has 1 N–H and O–H groups in total. The van der Waals surface area contributed by atoms with Gasteiger partial charge >= 0.3 is 0 Å². The van der Waals surface area contributed by atoms with Gasteiger partial charge in [-0.1, -0.05) is 42.5 Å². The van der Waals surface area contributed by atoms with Gasteiger partial charge in [0.1, 0.15) is 5.82 Å². The Bertz CT molecular complexity index is 726. The Morgan fingerprint density at radius 3 is 2.39 bits per heavy atom. The van der Waals surface area contributed by atoms with Crippen molar-refractivity contribution < 1.29 is 8.81 Å². The van der Waals surface area contributed by atoms with E-state index in [2.05, 4.69) is 15.5 Å². The Labute approximate surface area is 134 Å². The van der Waals surface area contributed by atoms with Crippen LogP contribution in [0.4, 0.5) is 4.39 Å². The number of aromatic nitrogens is 2. The second-order valence-corrected chi connectivity index (χ2v) is 5.31. The minimum Gasteiger partial charge on any atom is -0.424 e. The molecule has 1 heterocycles. The van der Waals surface area contributed by atoms with Crippen LogP contribution < -0.4 is 5.32 Å². The van der Waals surface area contributed by atoms with Crippen molar-refractivity contribution in [2.24, 2.45) is 0 Å². The molecule has 0 aliphatic carbocycles. The third-order valence-electron chi connectivity index (χ3n) is 3.49. The Morgan fingerprint density at radius 1 is 0.870 bits per heavy atom. The molecule has 4 nitrogen and oxygen atoms in total. The van der Waals surface area contributed by atoms with E-state index in [-0.39, 0.29) is 5.82 Å². The van der Waals surface area contributed by atoms with Crippen molar-refractivity contribution in [1.29, 1.82) is 0 Å². The summed E-state index contributed by atoms with van der Waals surface area (Å²) in [7, 11) is 0. The molecule has 0 radical (unpaired) electrons. The zero-order valence-corrected chi connectivity index (χ0v) is 12.7. The molecule has 2 aromatic carbocycles. The summed E-state index contributed by atoms with van der Waals surface area (Å²) in [6.45, 7) is 1.30. The molecule has 0 saturated carbocycles. The molecule has 0 fully saturated rings. The van der Waals surface area contributed by atoms with Gasteiger partial charge in [0, 0.05) is 0 Å². The number of rotatable bonds is 7. The van der Waals surface area contributed by atoms with Crippen LogP contribution in [0.5, 0.6) is 0 Å². The van der Waals surface area contributed by atoms with Crippen LogP contribution in [0.25, 0.3) is 0 Å². The van der Waals surface area contributed by atoms with Crippen LogP contribution >= 0.6 is 0 Å². The van der Waals surface area contributed by atoms with E-state index < -0.39 is 0 Å². The molecule has 0 aliphatic heterocycles. The molecule has 0 bridgehead atoms. The van der Waals surface area contributed by atoms with Crippen molar-refractivity contribution in [2.75, 3.05) is 6.54 Å². The van der Waals surface area contributed by atoms with E-state index in [4.69, 9.17) is 4.42 Å². The quantitative estimate of drug-likeness (QED) is 0.681. The van der Waals surface area contributed by atoms with E-state index in [1.54, 1.807) is 12.1 Å². The molecule has 3 aromatic rings. The lowest BCUT2D eigenvalue weighted by Crippen LogP contribution is -2.16. The van der Waals surface area contributed by atoms with Crippen LogP contribution in [0.3, 0.4) is 0 Å². The van der Waals surface area contributed by atoms with E-state index in [0.29, 0.717) is 24.7 Å². The number of benzene rings is 2. The smallest absolute Gasteiger partial charge is 0.230 e. The molecular formula is C18H18FN3O. The number of halogens is 1. The van der Waals surface area contributed by atoms with E-state index >= 15 is 0 Å². The van der Waals surface area contributed by atoms with Gasteiger partial charge in [0.25, 0.3) is 0 Å². The van der Waals surface area contributed by atoms with Crippen molar-refractivity contribution in [1.82, 2.24) is 15.5 Å². The van der Waals surface area contributed by atoms with Crippen molar-refractivity contribution >= 4 is 0 Å². The second kappa shape index (κ2) is 7.65. The minimum atomic E-state index is -0.210. The van der Waals surface area contributed by atoms with Crippen LogP contribution in [-0.4, -0.2) is 16.7 Å². The fraction of sp³-hybridized carbons (Fsp3) is 0.222. The maximum Gasteiger partial charge on any atom is 0.230 e. The fourth-order valence-corrected chi connectivity index (χ4v) is 2.28. The SMILES string of the molecule is Fc1ccc(CCNCc2nnc(Cc3ccccc3)o2)cc1. The highest BCUT2D eigenvalue weighted by atomic mass is 19.1. The van der Waals surface area contributed by atoms with Gasteiger partial charge < -0.3 is 9.73 Å². The van der Waals surface area contributed by atoms with Gasteiger partial charge in [-0.3, -0.25) is 0 Å². The average Bonchev–Trinajstić information content (AvgIpc) is 3.02. The van der Waals surface area contributed by atoms with Gasteiger partial charge in [-0.25, -0.2) is 4.39 Å². The monoisotopic (exact) mass is 311 g/mol. The number of nitrogens with one attached hydrogen (secondary N) is 1. The maximum absolute atomic E-state index is 12.8. The number of nitrogens with zero attached hydrogens (tertiary/aromatic N) is 2. The van der Waals surface area contributed by atoms with Crippen molar-refractivity contribution in [3.05, 3.63) is 83.3 Å². The summed E-state index contributed by atoms with van der Waals surface area (Å²) in [4.78, 5) is 0. The molecule has 0 amide bonds. The van der Waals surface area contributed by atoms with Gasteiger partial charge in [-0.05, 0) is 36.2 Å². The van der Waals surface area contributed by atoms with E-state index in [9.17, 15) is 4.39 Å². The number of hydrogen-bond donors (Lipinski definition) is 1. The topological polar surface area (TPSA) is 51.0 Å². The molecule has 3 rings (SSSR count). The predicted octanol–water partition coefficient (Wildman–Crippen LogP) is 3.13. The molecule has 0 saturated heterocycles. The maximum atomic E-state index is 12.8. The zero-order valence-electron chi connectivity index (χ0n) is 12.7. The van der Waals surface area contributed by atoms with Crippen LogP contribution in [0.2, 0.25) is 0 Å². The Hall–Kier alpha value is -2.53. The summed E-state index contributed by atoms with van der Waals surface area (Å²) in [5, 5.41) is 11.4. The molecule has 5 heteroatoms. The highest BCUT2D eigenvalue weighted by molar-refractivity contribution is 5.18. The molecule has 0 aliphatic rings. The van der Waals surface area contributed by atoms with Gasteiger partial charge in [0.2, 0.25) is 11.8 Å². The Kier molecular flexibility index (Phi) is 5.11. The molecule has 23 heavy (non-hydrogen) atoms. The van der Waals surface area contributed by atoms with Crippen LogP contribution in [0, 0.1) is 5.82 Å². The molecular weight excluding hydrogens is 293 g/mol. The van der Waals surface area contributed by atoms with E-state index in [1.165, 1.54) is 12.1 Å². The lowest BCUT2D eigenvalue weighted by Gasteiger charge is -2.02. The Morgan fingerprint density at radius 2 is 1.61 bits per heavy atom. The first kappa shape index (κ1) is 15.4. The molecule has 1 aromatic heterocycles. The number of hydrogen-bond acceptors (Lipinski definition) is 4. The first-order chi connectivity index (χ1) is 11.3. The summed E-state index contributed by atoms with van der Waals surface area (Å²) in [6, 6.07) is 16.6. The largest absolute Gasteiger partial charge is 0.424 e. The first-order valence-corrected chi connectivity index (χ1v) is 7.60. The lowest BCUT2D eigenvalue weighted by atomic mass is 10.1. The minimum absolute atomic E-state index is 0.210. The van der Waals surface area contributed by atoms with E-state index in [1.807, 2.05) is 30.3 Å². The second-order valence-electron chi connectivity index (χ2n) is 5.31. The summed E-state index contributed by atoms with van der Waals surface area (Å²) >= 11 is 0. The van der Waals surface area contributed by atoms with Gasteiger partial charge in [0.15, 0.2) is 0 Å². The van der Waals surface area contributed by atoms with Gasteiger partial charge in [-0.2, -0.15) is 0 Å². The fourth-order valence-electron chi connectivity index (χ4n) is 2.28. The molecule has 0 spiro atoms. The van der Waals surface area contributed by atoms with Gasteiger partial charge in [-0.15, -0.1) is 10.2 Å². The Balaban J connectivity index is 1.43. The summed E-state index contributed by atoms with van der Waals surface area (Å²) < 4.78 is 18.4. The highest BCUT2D eigenvalue weighted by Gasteiger charge is 2.06.